The number of unbranched alkanes of at least 4 members (excludes halogenated alkanes) is 30. The predicted molar refractivity (Wildman–Crippen MR) is 187 cm³/mol. The first kappa shape index (κ1) is 48.3. The van der Waals surface area contributed by atoms with Gasteiger partial charge in [0.25, 0.3) is 0 Å². The molecule has 0 rings (SSSR count). The van der Waals surface area contributed by atoms with Crippen molar-refractivity contribution in [1.29, 1.82) is 0 Å². The van der Waals surface area contributed by atoms with Gasteiger partial charge in [-0.2, -0.15) is 0 Å². The Morgan fingerprint density at radius 1 is 0.356 bits per heavy atom. The fourth-order valence-corrected chi connectivity index (χ4v) is 5.63. The summed E-state index contributed by atoms with van der Waals surface area (Å²) in [4.78, 5) is 20.3. The maximum absolute atomic E-state index is 10.2. The Hall–Kier alpha value is -1.07. The average molecular weight is 678 g/mol. The van der Waals surface area contributed by atoms with Gasteiger partial charge in [0.2, 0.25) is 0 Å². The van der Waals surface area contributed by atoms with Gasteiger partial charge in [0.05, 0.1) is 11.9 Å². The smallest absolute Gasteiger partial charge is 0.545 e. The third-order valence-corrected chi connectivity index (χ3v) is 8.46. The quantitative estimate of drug-likeness (QED) is 0.0501. The van der Waals surface area contributed by atoms with Crippen LogP contribution in [0.3, 0.4) is 0 Å². The van der Waals surface area contributed by atoms with Gasteiger partial charge in [-0.25, -0.2) is 0 Å². The van der Waals surface area contributed by atoms with Gasteiger partial charge in [0, 0.05) is 0 Å². The molecule has 0 spiro atoms. The molecule has 0 saturated heterocycles. The summed E-state index contributed by atoms with van der Waals surface area (Å²) < 4.78 is 0. The number of hydrogen-bond acceptors (Lipinski definition) is 4. The molecule has 0 atom stereocenters. The van der Waals surface area contributed by atoms with Crippen LogP contribution in [0.2, 0.25) is 0 Å². The van der Waals surface area contributed by atoms with E-state index < -0.39 is 11.9 Å². The Kier molecular flexibility index (Phi) is 48.4. The monoisotopic (exact) mass is 677 g/mol. The number of carbonyl (C=O) groups is 2. The van der Waals surface area contributed by atoms with E-state index in [2.05, 4.69) is 13.8 Å². The van der Waals surface area contributed by atoms with E-state index in [9.17, 15) is 19.8 Å². The summed E-state index contributed by atoms with van der Waals surface area (Å²) in [6, 6.07) is 0. The minimum atomic E-state index is -1.08. The van der Waals surface area contributed by atoms with Gasteiger partial charge in [0.1, 0.15) is 0 Å². The van der Waals surface area contributed by atoms with Crippen molar-refractivity contribution in [2.75, 3.05) is 0 Å². The van der Waals surface area contributed by atoms with E-state index >= 15 is 0 Å². The molecule has 0 amide bonds. The zero-order valence-electron chi connectivity index (χ0n) is 29.9. The van der Waals surface area contributed by atoms with E-state index in [1.807, 2.05) is 0 Å². The van der Waals surface area contributed by atoms with Gasteiger partial charge >= 0.3 is 16.8 Å². The van der Waals surface area contributed by atoms with Crippen molar-refractivity contribution in [1.82, 2.24) is 0 Å². The Morgan fingerprint density at radius 3 is 0.711 bits per heavy atom. The molecule has 0 saturated carbocycles. The Morgan fingerprint density at radius 2 is 0.533 bits per heavy atom. The molecule has 4 nitrogen and oxygen atoms in total. The zero-order chi connectivity index (χ0) is 32.6. The van der Waals surface area contributed by atoms with Gasteiger partial charge in [-0.15, -0.1) is 0 Å². The molecular formula is C40H74CoO4. The van der Waals surface area contributed by atoms with Crippen molar-refractivity contribution < 1.29 is 36.6 Å². The normalized spacial score (nSPS) is 11.1. The number of carboxylic acid groups (broad SMARTS) is 2. The summed E-state index contributed by atoms with van der Waals surface area (Å²) in [5, 5.41) is 20.3. The summed E-state index contributed by atoms with van der Waals surface area (Å²) in [7, 11) is 0. The first-order chi connectivity index (χ1) is 21.5. The molecule has 0 aliphatic rings. The molecule has 0 unspecified atom stereocenters. The Labute approximate surface area is 291 Å². The number of hydrogen-bond donors (Lipinski definition) is 0. The van der Waals surface area contributed by atoms with Crippen LogP contribution in [0.25, 0.3) is 0 Å². The Bertz CT molecular complexity index is 578. The number of rotatable bonds is 34. The van der Waals surface area contributed by atoms with Crippen LogP contribution in [-0.4, -0.2) is 11.9 Å². The van der Waals surface area contributed by atoms with Crippen LogP contribution in [0.1, 0.15) is 219 Å². The fourth-order valence-electron chi connectivity index (χ4n) is 5.63. The minimum absolute atomic E-state index is 0. The topological polar surface area (TPSA) is 80.3 Å². The SMILES string of the molecule is CCCCCCCCCCCCCCCCCC=CC(=O)[O-].CCCCCCCCCCCCCCCCCC=CC(=O)[O-].[Co+2]. The maximum atomic E-state index is 10.2. The van der Waals surface area contributed by atoms with Crippen LogP contribution in [0, 0.1) is 0 Å². The molecule has 0 bridgehead atoms. The molecule has 0 aliphatic carbocycles. The van der Waals surface area contributed by atoms with E-state index in [4.69, 9.17) is 0 Å². The zero-order valence-corrected chi connectivity index (χ0v) is 30.9. The Balaban J connectivity index is -0.000000767. The second-order valence-corrected chi connectivity index (χ2v) is 12.9. The summed E-state index contributed by atoms with van der Waals surface area (Å²) in [6.07, 6.45) is 48.3. The number of carboxylic acids is 2. The van der Waals surface area contributed by atoms with Gasteiger partial charge in [-0.3, -0.25) is 0 Å². The van der Waals surface area contributed by atoms with E-state index in [-0.39, 0.29) is 16.8 Å². The summed E-state index contributed by atoms with van der Waals surface area (Å²) in [6.45, 7) is 4.54. The molecule has 0 aromatic rings. The third kappa shape index (κ3) is 52.7. The van der Waals surface area contributed by atoms with Gasteiger partial charge < -0.3 is 19.8 Å². The van der Waals surface area contributed by atoms with Crippen LogP contribution in [0.4, 0.5) is 0 Å². The maximum Gasteiger partial charge on any atom is 2.00 e. The van der Waals surface area contributed by atoms with Crippen molar-refractivity contribution in [3.05, 3.63) is 24.3 Å². The van der Waals surface area contributed by atoms with E-state index in [0.717, 1.165) is 37.8 Å². The van der Waals surface area contributed by atoms with Gasteiger partial charge in [-0.1, -0.05) is 206 Å². The molecule has 267 valence electrons. The van der Waals surface area contributed by atoms with Crippen LogP contribution in [0.15, 0.2) is 24.3 Å². The molecule has 0 aliphatic heterocycles. The van der Waals surface area contributed by atoms with Crippen LogP contribution in [-0.2, 0) is 26.4 Å². The molecule has 0 heterocycles. The van der Waals surface area contributed by atoms with Crippen molar-refractivity contribution in [3.8, 4) is 0 Å². The van der Waals surface area contributed by atoms with Gasteiger partial charge in [-0.05, 0) is 37.8 Å². The van der Waals surface area contributed by atoms with Crippen LogP contribution < -0.4 is 10.2 Å². The first-order valence-electron chi connectivity index (χ1n) is 19.3. The van der Waals surface area contributed by atoms with E-state index in [0.29, 0.717) is 0 Å². The standard InChI is InChI=1S/2C20H38O2.Co/c2*1-2-3-4-5-6-7-8-9-10-11-12-13-14-15-16-17-18-19-20(21)22;/h2*18-19H,2-17H2,1H3,(H,21,22);/q;;+2/p-2. The largest absolute Gasteiger partial charge is 2.00 e. The number of aliphatic carboxylic acids is 2. The molecule has 45 heavy (non-hydrogen) atoms. The molecule has 0 fully saturated rings. The minimum Gasteiger partial charge on any atom is -0.545 e. The molecular weight excluding hydrogens is 603 g/mol. The second kappa shape index (κ2) is 45.0. The van der Waals surface area contributed by atoms with Crippen LogP contribution >= 0.6 is 0 Å². The first-order valence-corrected chi connectivity index (χ1v) is 19.3. The molecule has 0 aromatic heterocycles. The average Bonchev–Trinajstić information content (AvgIpc) is 3.00. The predicted octanol–water partition coefficient (Wildman–Crippen LogP) is 11.1. The van der Waals surface area contributed by atoms with Crippen LogP contribution in [0.5, 0.6) is 0 Å². The molecule has 1 radical (unpaired) electrons. The van der Waals surface area contributed by atoms with E-state index in [1.54, 1.807) is 12.2 Å². The number of carbonyl (C=O) groups excluding carboxylic acids is 2. The van der Waals surface area contributed by atoms with Crippen molar-refractivity contribution in [2.24, 2.45) is 0 Å². The van der Waals surface area contributed by atoms with E-state index in [1.165, 1.54) is 180 Å². The van der Waals surface area contributed by atoms with Crippen molar-refractivity contribution in [2.45, 2.75) is 219 Å². The molecule has 0 N–H and O–H groups in total. The third-order valence-electron chi connectivity index (χ3n) is 8.46. The van der Waals surface area contributed by atoms with Crippen molar-refractivity contribution in [3.63, 3.8) is 0 Å². The summed E-state index contributed by atoms with van der Waals surface area (Å²) in [5.41, 5.74) is 0. The molecule has 0 aromatic carbocycles. The second-order valence-electron chi connectivity index (χ2n) is 12.9. The summed E-state index contributed by atoms with van der Waals surface area (Å²) >= 11 is 0. The summed E-state index contributed by atoms with van der Waals surface area (Å²) in [5.74, 6) is -2.16. The fraction of sp³-hybridized carbons (Fsp3) is 0.850. The van der Waals surface area contributed by atoms with Gasteiger partial charge in [0.15, 0.2) is 0 Å². The number of allylic oxidation sites excluding steroid dienone is 2. The van der Waals surface area contributed by atoms with Crippen molar-refractivity contribution >= 4 is 11.9 Å². The molecule has 5 heteroatoms.